The van der Waals surface area contributed by atoms with Crippen LogP contribution in [0.15, 0.2) is 59.6 Å². The van der Waals surface area contributed by atoms with Crippen molar-refractivity contribution in [1.82, 2.24) is 4.98 Å². The Balaban J connectivity index is 2.18. The molecule has 0 saturated heterocycles. The lowest BCUT2D eigenvalue weighted by atomic mass is 9.99. The van der Waals surface area contributed by atoms with Crippen molar-refractivity contribution < 1.29 is 21.6 Å². The van der Waals surface area contributed by atoms with Gasteiger partial charge in [-0.2, -0.15) is 0 Å². The van der Waals surface area contributed by atoms with E-state index in [4.69, 9.17) is 5.14 Å². The fourth-order valence-corrected chi connectivity index (χ4v) is 3.04. The van der Waals surface area contributed by atoms with Crippen LogP contribution in [-0.4, -0.2) is 13.4 Å². The smallest absolute Gasteiger partial charge is 0.240 e. The quantitative estimate of drug-likeness (QED) is 0.773. The van der Waals surface area contributed by atoms with Gasteiger partial charge in [0.05, 0.1) is 5.69 Å². The van der Waals surface area contributed by atoms with Gasteiger partial charge in [0, 0.05) is 23.4 Å². The number of rotatable bonds is 3. The van der Waals surface area contributed by atoms with Gasteiger partial charge < -0.3 is 0 Å². The van der Waals surface area contributed by atoms with Crippen LogP contribution in [0.1, 0.15) is 0 Å². The molecule has 3 rings (SSSR count). The summed E-state index contributed by atoms with van der Waals surface area (Å²) in [5.41, 5.74) is 1.07. The fraction of sp³-hybridized carbons (Fsp3) is 0. The molecule has 1 heterocycles. The first-order valence-corrected chi connectivity index (χ1v) is 8.54. The normalized spacial score (nSPS) is 11.5. The number of sulfonamides is 1. The lowest BCUT2D eigenvalue weighted by molar-refractivity contribution is 0.568. The van der Waals surface area contributed by atoms with Crippen LogP contribution in [-0.2, 0) is 10.0 Å². The third kappa shape index (κ3) is 3.54. The van der Waals surface area contributed by atoms with Gasteiger partial charge in [-0.3, -0.25) is 4.98 Å². The number of hydrogen-bond donors (Lipinski definition) is 1. The molecule has 0 bridgehead atoms. The number of primary sulfonamides is 1. The highest BCUT2D eigenvalue weighted by Crippen LogP contribution is 2.32. The zero-order valence-corrected chi connectivity index (χ0v) is 13.4. The number of hydrogen-bond acceptors (Lipinski definition) is 3. The van der Waals surface area contributed by atoms with Crippen LogP contribution in [0.2, 0.25) is 0 Å². The summed E-state index contributed by atoms with van der Waals surface area (Å²) in [6.45, 7) is 0. The van der Waals surface area contributed by atoms with Gasteiger partial charge in [0.15, 0.2) is 0 Å². The molecular weight excluding hydrogens is 353 g/mol. The number of nitrogens with two attached hydrogens (primary N) is 1. The molecule has 0 aliphatic carbocycles. The molecule has 0 unspecified atom stereocenters. The summed E-state index contributed by atoms with van der Waals surface area (Å²) in [6, 6.07) is 9.42. The number of halogens is 3. The Kier molecular flexibility index (Phi) is 4.32. The molecule has 2 aromatic carbocycles. The number of aromatic nitrogens is 1. The lowest BCUT2D eigenvalue weighted by Gasteiger charge is -2.10. The van der Waals surface area contributed by atoms with Crippen LogP contribution in [0.4, 0.5) is 13.2 Å². The maximum absolute atomic E-state index is 14.1. The van der Waals surface area contributed by atoms with Crippen molar-refractivity contribution >= 4 is 10.0 Å². The van der Waals surface area contributed by atoms with Crippen molar-refractivity contribution in [2.45, 2.75) is 4.90 Å². The van der Waals surface area contributed by atoms with Gasteiger partial charge in [-0.05, 0) is 35.9 Å². The van der Waals surface area contributed by atoms with Crippen LogP contribution in [0, 0.1) is 17.5 Å². The minimum Gasteiger partial charge on any atom is -0.256 e. The number of benzene rings is 2. The van der Waals surface area contributed by atoms with Gasteiger partial charge in [-0.1, -0.05) is 12.1 Å². The van der Waals surface area contributed by atoms with Gasteiger partial charge >= 0.3 is 0 Å². The molecule has 0 amide bonds. The molecule has 0 fully saturated rings. The molecule has 8 heteroatoms. The second-order valence-electron chi connectivity index (χ2n) is 5.25. The maximum Gasteiger partial charge on any atom is 0.240 e. The minimum atomic E-state index is -4.20. The van der Waals surface area contributed by atoms with Crippen molar-refractivity contribution in [3.63, 3.8) is 0 Å². The van der Waals surface area contributed by atoms with Crippen LogP contribution in [0.25, 0.3) is 22.4 Å². The van der Waals surface area contributed by atoms with E-state index in [-0.39, 0.29) is 16.8 Å². The molecule has 0 aliphatic rings. The topological polar surface area (TPSA) is 73.1 Å². The zero-order valence-electron chi connectivity index (χ0n) is 12.6. The third-order valence-electron chi connectivity index (χ3n) is 3.49. The van der Waals surface area contributed by atoms with Crippen LogP contribution < -0.4 is 5.14 Å². The monoisotopic (exact) mass is 364 g/mol. The molecule has 0 atom stereocenters. The largest absolute Gasteiger partial charge is 0.256 e. The average Bonchev–Trinajstić information content (AvgIpc) is 2.52. The van der Waals surface area contributed by atoms with Gasteiger partial charge in [0.25, 0.3) is 0 Å². The Morgan fingerprint density at radius 3 is 2.16 bits per heavy atom. The van der Waals surface area contributed by atoms with Gasteiger partial charge in [0.2, 0.25) is 10.0 Å². The van der Waals surface area contributed by atoms with Crippen molar-refractivity contribution in [1.29, 1.82) is 0 Å². The third-order valence-corrected chi connectivity index (χ3v) is 4.44. The summed E-state index contributed by atoms with van der Waals surface area (Å²) in [7, 11) is -4.20. The minimum absolute atomic E-state index is 0.219. The first-order chi connectivity index (χ1) is 11.8. The van der Waals surface area contributed by atoms with E-state index in [2.05, 4.69) is 4.98 Å². The van der Waals surface area contributed by atoms with E-state index in [1.807, 2.05) is 0 Å². The Bertz CT molecular complexity index is 1050. The fourth-order valence-electron chi connectivity index (χ4n) is 2.46. The molecule has 4 nitrogen and oxygen atoms in total. The van der Waals surface area contributed by atoms with Gasteiger partial charge in [0.1, 0.15) is 22.3 Å². The summed E-state index contributed by atoms with van der Waals surface area (Å²) in [4.78, 5) is 3.48. The molecule has 25 heavy (non-hydrogen) atoms. The summed E-state index contributed by atoms with van der Waals surface area (Å²) in [5, 5.41) is 4.93. The van der Waals surface area contributed by atoms with Crippen molar-refractivity contribution in [3.05, 3.63) is 72.2 Å². The molecule has 0 radical (unpaired) electrons. The summed E-state index contributed by atoms with van der Waals surface area (Å²) >= 11 is 0. The molecule has 0 aliphatic heterocycles. The lowest BCUT2D eigenvalue weighted by Crippen LogP contribution is -2.14. The Morgan fingerprint density at radius 2 is 1.56 bits per heavy atom. The Morgan fingerprint density at radius 1 is 0.880 bits per heavy atom. The SMILES string of the molecule is NS(=O)(=O)c1ccc(-c2ncccc2-c2cc(F)cc(F)c2)cc1F. The molecule has 0 saturated carbocycles. The molecule has 0 spiro atoms. The molecule has 128 valence electrons. The molecule has 3 aromatic rings. The molecule has 2 N–H and O–H groups in total. The van der Waals surface area contributed by atoms with Gasteiger partial charge in [-0.25, -0.2) is 26.7 Å². The maximum atomic E-state index is 14.1. The van der Waals surface area contributed by atoms with E-state index < -0.39 is 32.4 Å². The summed E-state index contributed by atoms with van der Waals surface area (Å²) < 4.78 is 63.7. The predicted molar refractivity (Wildman–Crippen MR) is 86.4 cm³/mol. The van der Waals surface area contributed by atoms with Crippen LogP contribution >= 0.6 is 0 Å². The highest BCUT2D eigenvalue weighted by atomic mass is 32.2. The first kappa shape index (κ1) is 17.1. The van der Waals surface area contributed by atoms with E-state index in [9.17, 15) is 21.6 Å². The van der Waals surface area contributed by atoms with Crippen LogP contribution in [0.3, 0.4) is 0 Å². The van der Waals surface area contributed by atoms with E-state index in [0.717, 1.165) is 30.3 Å². The Hall–Kier alpha value is -2.71. The molecular formula is C17H11F3N2O2S. The number of pyridine rings is 1. The van der Waals surface area contributed by atoms with Crippen molar-refractivity contribution in [2.24, 2.45) is 5.14 Å². The first-order valence-electron chi connectivity index (χ1n) is 7.00. The van der Waals surface area contributed by atoms with Crippen molar-refractivity contribution in [3.8, 4) is 22.4 Å². The van der Waals surface area contributed by atoms with Crippen molar-refractivity contribution in [2.75, 3.05) is 0 Å². The highest BCUT2D eigenvalue weighted by Gasteiger charge is 2.17. The average molecular weight is 364 g/mol. The van der Waals surface area contributed by atoms with E-state index >= 15 is 0 Å². The molecule has 1 aromatic heterocycles. The van der Waals surface area contributed by atoms with E-state index in [1.165, 1.54) is 12.3 Å². The second kappa shape index (κ2) is 6.30. The predicted octanol–water partition coefficient (Wildman–Crippen LogP) is 3.48. The van der Waals surface area contributed by atoms with Gasteiger partial charge in [-0.15, -0.1) is 0 Å². The second-order valence-corrected chi connectivity index (χ2v) is 6.78. The standard InChI is InChI=1S/C17H11F3N2O2S/c18-12-6-11(7-13(19)9-12)14-2-1-5-22-17(14)10-3-4-16(15(20)8-10)25(21,23)24/h1-9H,(H2,21,23,24). The Labute approximate surface area is 141 Å². The van der Waals surface area contributed by atoms with E-state index in [0.29, 0.717) is 5.56 Å². The number of nitrogens with zero attached hydrogens (tertiary/aromatic N) is 1. The zero-order chi connectivity index (χ0) is 18.2. The highest BCUT2D eigenvalue weighted by molar-refractivity contribution is 7.89. The van der Waals surface area contributed by atoms with Crippen LogP contribution in [0.5, 0.6) is 0 Å². The van der Waals surface area contributed by atoms with E-state index in [1.54, 1.807) is 12.1 Å². The summed E-state index contributed by atoms with van der Waals surface area (Å²) in [5.74, 6) is -2.57. The summed E-state index contributed by atoms with van der Waals surface area (Å²) in [6.07, 6.45) is 1.43.